The van der Waals surface area contributed by atoms with Gasteiger partial charge in [0.2, 0.25) is 0 Å². The molecule has 0 amide bonds. The molecule has 70 valence electrons. The molecule has 0 spiro atoms. The van der Waals surface area contributed by atoms with Crippen LogP contribution in [0.2, 0.25) is 0 Å². The van der Waals surface area contributed by atoms with Gasteiger partial charge in [0.25, 0.3) is 0 Å². The Morgan fingerprint density at radius 1 is 1.46 bits per heavy atom. The highest BCUT2D eigenvalue weighted by Crippen LogP contribution is 2.24. The van der Waals surface area contributed by atoms with Crippen molar-refractivity contribution in [1.82, 2.24) is 10.4 Å². The normalized spacial score (nSPS) is 20.4. The molecule has 0 bridgehead atoms. The van der Waals surface area contributed by atoms with Gasteiger partial charge in [0.1, 0.15) is 0 Å². The Hall–Kier alpha value is -1.02. The van der Waals surface area contributed by atoms with Crippen LogP contribution in [0.4, 0.5) is 0 Å². The number of rotatable bonds is 2. The summed E-state index contributed by atoms with van der Waals surface area (Å²) in [5, 5.41) is 2.11. The molecule has 2 aliphatic heterocycles. The number of hydrazine groups is 1. The molecule has 13 heavy (non-hydrogen) atoms. The number of nitrogens with zero attached hydrogens (tertiary/aromatic N) is 1. The van der Waals surface area contributed by atoms with Crippen molar-refractivity contribution in [1.29, 1.82) is 0 Å². The van der Waals surface area contributed by atoms with E-state index in [9.17, 15) is 0 Å². The average Bonchev–Trinajstić information content (AvgIpc) is 2.48. The minimum Gasteiger partial charge on any atom is -0.284 e. The third-order valence-corrected chi connectivity index (χ3v) is 2.34. The molecular weight excluding hydrogens is 160 g/mol. The third-order valence-electron chi connectivity index (χ3n) is 2.34. The van der Waals surface area contributed by atoms with Gasteiger partial charge < -0.3 is 0 Å². The lowest BCUT2D eigenvalue weighted by atomic mass is 10.0. The molecule has 0 aliphatic carbocycles. The number of nitrogens with one attached hydrogen (secondary N) is 1. The summed E-state index contributed by atoms with van der Waals surface area (Å²) in [5.74, 6) is 0.739. The first-order valence-electron chi connectivity index (χ1n) is 4.87. The summed E-state index contributed by atoms with van der Waals surface area (Å²) in [6.07, 6.45) is 9.59. The second-order valence-corrected chi connectivity index (χ2v) is 3.99. The molecule has 2 nitrogen and oxygen atoms in total. The van der Waals surface area contributed by atoms with Crippen molar-refractivity contribution in [3.63, 3.8) is 0 Å². The molecule has 0 radical (unpaired) electrons. The zero-order valence-electron chi connectivity index (χ0n) is 8.25. The number of fused-ring (bicyclic) bond motifs is 1. The van der Waals surface area contributed by atoms with Crippen molar-refractivity contribution in [2.75, 3.05) is 6.54 Å². The standard InChI is InChI=1S/C11H16N2/c1-9(2)7-10-8-12-13-6-4-3-5-11(10)13/h3-6,9,12H,7-8H2,1-2H3. The predicted molar refractivity (Wildman–Crippen MR) is 54.6 cm³/mol. The number of allylic oxidation sites excluding steroid dienone is 3. The first-order valence-corrected chi connectivity index (χ1v) is 4.87. The lowest BCUT2D eigenvalue weighted by molar-refractivity contribution is 0.395. The van der Waals surface area contributed by atoms with Crippen LogP contribution >= 0.6 is 0 Å². The first kappa shape index (κ1) is 8.57. The number of hydrogen-bond acceptors (Lipinski definition) is 2. The van der Waals surface area contributed by atoms with Crippen LogP contribution in [-0.2, 0) is 0 Å². The van der Waals surface area contributed by atoms with E-state index in [0.29, 0.717) is 0 Å². The van der Waals surface area contributed by atoms with E-state index in [1.807, 2.05) is 0 Å². The van der Waals surface area contributed by atoms with E-state index in [1.54, 1.807) is 0 Å². The highest BCUT2D eigenvalue weighted by atomic mass is 15.5. The average molecular weight is 176 g/mol. The summed E-state index contributed by atoms with van der Waals surface area (Å²) < 4.78 is 0. The van der Waals surface area contributed by atoms with E-state index in [2.05, 4.69) is 48.7 Å². The summed E-state index contributed by atoms with van der Waals surface area (Å²) in [4.78, 5) is 0. The Kier molecular flexibility index (Phi) is 2.23. The van der Waals surface area contributed by atoms with Gasteiger partial charge in [0.15, 0.2) is 0 Å². The number of hydrogen-bond donors (Lipinski definition) is 1. The van der Waals surface area contributed by atoms with Gasteiger partial charge in [-0.25, -0.2) is 5.43 Å². The van der Waals surface area contributed by atoms with Gasteiger partial charge in [-0.1, -0.05) is 19.9 Å². The smallest absolute Gasteiger partial charge is 0.0576 e. The van der Waals surface area contributed by atoms with Crippen LogP contribution in [0, 0.1) is 5.92 Å². The molecule has 2 heterocycles. The Morgan fingerprint density at radius 3 is 3.08 bits per heavy atom. The minimum absolute atomic E-state index is 0.739. The first-order chi connectivity index (χ1) is 6.27. The van der Waals surface area contributed by atoms with Crippen molar-refractivity contribution >= 4 is 0 Å². The monoisotopic (exact) mass is 176 g/mol. The molecule has 1 N–H and O–H groups in total. The van der Waals surface area contributed by atoms with Crippen LogP contribution in [0.1, 0.15) is 20.3 Å². The Labute approximate surface area is 79.6 Å². The Morgan fingerprint density at radius 2 is 2.31 bits per heavy atom. The third kappa shape index (κ3) is 1.68. The predicted octanol–water partition coefficient (Wildman–Crippen LogP) is 2.19. The molecule has 2 aliphatic rings. The van der Waals surface area contributed by atoms with Gasteiger partial charge >= 0.3 is 0 Å². The van der Waals surface area contributed by atoms with E-state index in [4.69, 9.17) is 0 Å². The zero-order valence-corrected chi connectivity index (χ0v) is 8.25. The second-order valence-electron chi connectivity index (χ2n) is 3.99. The minimum atomic E-state index is 0.739. The van der Waals surface area contributed by atoms with Crippen LogP contribution in [0.25, 0.3) is 0 Å². The van der Waals surface area contributed by atoms with E-state index in [1.165, 1.54) is 17.7 Å². The van der Waals surface area contributed by atoms with E-state index in [-0.39, 0.29) is 0 Å². The fraction of sp³-hybridized carbons (Fsp3) is 0.455. The molecule has 0 unspecified atom stereocenters. The fourth-order valence-corrected chi connectivity index (χ4v) is 1.81. The van der Waals surface area contributed by atoms with Crippen molar-refractivity contribution in [2.24, 2.45) is 5.92 Å². The van der Waals surface area contributed by atoms with Gasteiger partial charge in [-0.3, -0.25) is 5.01 Å². The summed E-state index contributed by atoms with van der Waals surface area (Å²) in [5.41, 5.74) is 6.20. The molecule has 0 aromatic carbocycles. The second kappa shape index (κ2) is 3.38. The molecule has 0 aromatic heterocycles. The van der Waals surface area contributed by atoms with Crippen LogP contribution < -0.4 is 5.43 Å². The lowest BCUT2D eigenvalue weighted by Crippen LogP contribution is -2.26. The maximum absolute atomic E-state index is 3.34. The highest BCUT2D eigenvalue weighted by Gasteiger charge is 2.19. The van der Waals surface area contributed by atoms with Crippen molar-refractivity contribution in [3.05, 3.63) is 35.7 Å². The van der Waals surface area contributed by atoms with Gasteiger partial charge in [-0.05, 0) is 30.1 Å². The van der Waals surface area contributed by atoms with Crippen LogP contribution in [0.3, 0.4) is 0 Å². The molecule has 0 saturated heterocycles. The molecule has 2 heteroatoms. The highest BCUT2D eigenvalue weighted by molar-refractivity contribution is 5.35. The fourth-order valence-electron chi connectivity index (χ4n) is 1.81. The van der Waals surface area contributed by atoms with Gasteiger partial charge in [-0.2, -0.15) is 0 Å². The Balaban J connectivity index is 2.18. The molecule has 0 fully saturated rings. The summed E-state index contributed by atoms with van der Waals surface area (Å²) in [6, 6.07) is 0. The van der Waals surface area contributed by atoms with Crippen molar-refractivity contribution < 1.29 is 0 Å². The topological polar surface area (TPSA) is 15.3 Å². The van der Waals surface area contributed by atoms with E-state index >= 15 is 0 Å². The van der Waals surface area contributed by atoms with Crippen LogP contribution in [-0.4, -0.2) is 11.6 Å². The summed E-state index contributed by atoms with van der Waals surface area (Å²) in [6.45, 7) is 5.53. The quantitative estimate of drug-likeness (QED) is 0.693. The lowest BCUT2D eigenvalue weighted by Gasteiger charge is -2.17. The molecule has 0 aromatic rings. The van der Waals surface area contributed by atoms with E-state index in [0.717, 1.165) is 12.5 Å². The van der Waals surface area contributed by atoms with Gasteiger partial charge in [0, 0.05) is 12.7 Å². The SMILES string of the molecule is CC(C)CC1=C2C=CC=CN2NC1. The van der Waals surface area contributed by atoms with Gasteiger partial charge in [-0.15, -0.1) is 0 Å². The van der Waals surface area contributed by atoms with Crippen LogP contribution in [0.15, 0.2) is 35.7 Å². The zero-order chi connectivity index (χ0) is 9.26. The summed E-state index contributed by atoms with van der Waals surface area (Å²) in [7, 11) is 0. The van der Waals surface area contributed by atoms with Crippen molar-refractivity contribution in [3.8, 4) is 0 Å². The summed E-state index contributed by atoms with van der Waals surface area (Å²) >= 11 is 0. The Bertz CT molecular complexity index is 284. The molecule has 0 atom stereocenters. The molecule has 2 rings (SSSR count). The van der Waals surface area contributed by atoms with E-state index < -0.39 is 0 Å². The van der Waals surface area contributed by atoms with Gasteiger partial charge in [0.05, 0.1) is 5.70 Å². The maximum Gasteiger partial charge on any atom is 0.0576 e. The maximum atomic E-state index is 3.34. The molecule has 0 saturated carbocycles. The van der Waals surface area contributed by atoms with Crippen LogP contribution in [0.5, 0.6) is 0 Å². The largest absolute Gasteiger partial charge is 0.284 e. The molecular formula is C11H16N2. The van der Waals surface area contributed by atoms with Crippen molar-refractivity contribution in [2.45, 2.75) is 20.3 Å².